The number of aryl methyl sites for hydroxylation is 1. The number of nitrogens with zero attached hydrogens (tertiary/aromatic N) is 2. The predicted octanol–water partition coefficient (Wildman–Crippen LogP) is 0.797. The molecule has 2 nitrogen and oxygen atoms in total. The van der Waals surface area contributed by atoms with Crippen molar-refractivity contribution in [3.63, 3.8) is 0 Å². The first-order valence-corrected chi connectivity index (χ1v) is 2.60. The highest BCUT2D eigenvalue weighted by molar-refractivity contribution is 5.00. The summed E-state index contributed by atoms with van der Waals surface area (Å²) in [6, 6.07) is 1.97. The summed E-state index contributed by atoms with van der Waals surface area (Å²) >= 11 is 0. The molecule has 0 saturated carbocycles. The van der Waals surface area contributed by atoms with Crippen LogP contribution in [0.4, 0.5) is 0 Å². The minimum atomic E-state index is 0.816. The molecular formula is C6H9N2. The van der Waals surface area contributed by atoms with Crippen molar-refractivity contribution in [3.05, 3.63) is 24.9 Å². The van der Waals surface area contributed by atoms with Crippen molar-refractivity contribution in [2.45, 2.75) is 6.42 Å². The van der Waals surface area contributed by atoms with Crippen molar-refractivity contribution in [2.24, 2.45) is 7.05 Å². The summed E-state index contributed by atoms with van der Waals surface area (Å²) in [5.41, 5.74) is 1.17. The summed E-state index contributed by atoms with van der Waals surface area (Å²) in [5.74, 6) is 0. The van der Waals surface area contributed by atoms with E-state index in [1.54, 1.807) is 6.20 Å². The van der Waals surface area contributed by atoms with Gasteiger partial charge in [-0.3, -0.25) is 4.68 Å². The summed E-state index contributed by atoms with van der Waals surface area (Å²) < 4.78 is 1.83. The first kappa shape index (κ1) is 5.35. The average molecular weight is 109 g/mol. The van der Waals surface area contributed by atoms with E-state index in [2.05, 4.69) is 12.0 Å². The molecule has 0 N–H and O–H groups in total. The van der Waals surface area contributed by atoms with Gasteiger partial charge in [0.15, 0.2) is 0 Å². The van der Waals surface area contributed by atoms with E-state index in [1.165, 1.54) is 5.69 Å². The molecule has 0 aliphatic carbocycles. The van der Waals surface area contributed by atoms with Gasteiger partial charge in [0.25, 0.3) is 0 Å². The van der Waals surface area contributed by atoms with Gasteiger partial charge in [0, 0.05) is 18.9 Å². The van der Waals surface area contributed by atoms with E-state index in [0.717, 1.165) is 6.42 Å². The fraction of sp³-hybridized carbons (Fsp3) is 0.333. The molecule has 0 unspecified atom stereocenters. The standard InChI is InChI=1S/C6H9N2/c1-3-6-4-5-7-8(6)2/h4-5H,1,3H2,2H3. The van der Waals surface area contributed by atoms with E-state index in [-0.39, 0.29) is 0 Å². The second kappa shape index (κ2) is 1.99. The molecule has 0 aromatic carbocycles. The molecule has 0 amide bonds. The van der Waals surface area contributed by atoms with Gasteiger partial charge in [-0.05, 0) is 19.4 Å². The molecule has 0 fully saturated rings. The third-order valence-electron chi connectivity index (χ3n) is 1.18. The molecule has 1 rings (SSSR count). The van der Waals surface area contributed by atoms with Crippen LogP contribution in [0.5, 0.6) is 0 Å². The van der Waals surface area contributed by atoms with Gasteiger partial charge in [-0.2, -0.15) is 5.10 Å². The van der Waals surface area contributed by atoms with Crippen LogP contribution >= 0.6 is 0 Å². The fourth-order valence-corrected chi connectivity index (χ4v) is 0.647. The smallest absolute Gasteiger partial charge is 0.0492 e. The minimum Gasteiger partial charge on any atom is -0.273 e. The van der Waals surface area contributed by atoms with Crippen molar-refractivity contribution in [2.75, 3.05) is 0 Å². The van der Waals surface area contributed by atoms with Gasteiger partial charge in [0.1, 0.15) is 0 Å². The average Bonchev–Trinajstić information content (AvgIpc) is 2.14. The van der Waals surface area contributed by atoms with E-state index in [0.29, 0.717) is 0 Å². The van der Waals surface area contributed by atoms with Crippen LogP contribution < -0.4 is 0 Å². The first-order chi connectivity index (χ1) is 3.84. The molecule has 8 heavy (non-hydrogen) atoms. The number of aromatic nitrogens is 2. The van der Waals surface area contributed by atoms with E-state index in [4.69, 9.17) is 0 Å². The van der Waals surface area contributed by atoms with Gasteiger partial charge in [-0.25, -0.2) is 0 Å². The molecule has 0 saturated heterocycles. The van der Waals surface area contributed by atoms with Gasteiger partial charge in [0.05, 0.1) is 0 Å². The molecule has 2 heteroatoms. The predicted molar refractivity (Wildman–Crippen MR) is 32.3 cm³/mol. The van der Waals surface area contributed by atoms with Crippen LogP contribution in [0.3, 0.4) is 0 Å². The molecule has 0 bridgehead atoms. The van der Waals surface area contributed by atoms with Gasteiger partial charge in [-0.1, -0.05) is 0 Å². The second-order valence-corrected chi connectivity index (χ2v) is 1.70. The van der Waals surface area contributed by atoms with E-state index in [1.807, 2.05) is 17.8 Å². The summed E-state index contributed by atoms with van der Waals surface area (Å²) in [4.78, 5) is 0. The Morgan fingerprint density at radius 1 is 1.88 bits per heavy atom. The van der Waals surface area contributed by atoms with Crippen molar-refractivity contribution < 1.29 is 0 Å². The Morgan fingerprint density at radius 3 is 2.88 bits per heavy atom. The van der Waals surface area contributed by atoms with Crippen LogP contribution in [-0.4, -0.2) is 9.78 Å². The molecule has 0 spiro atoms. The highest BCUT2D eigenvalue weighted by Gasteiger charge is 1.90. The fourth-order valence-electron chi connectivity index (χ4n) is 0.647. The van der Waals surface area contributed by atoms with Crippen molar-refractivity contribution in [1.29, 1.82) is 0 Å². The highest BCUT2D eigenvalue weighted by atomic mass is 15.2. The van der Waals surface area contributed by atoms with Crippen LogP contribution in [0.25, 0.3) is 0 Å². The van der Waals surface area contributed by atoms with E-state index >= 15 is 0 Å². The second-order valence-electron chi connectivity index (χ2n) is 1.70. The van der Waals surface area contributed by atoms with Crippen LogP contribution in [0.15, 0.2) is 12.3 Å². The lowest BCUT2D eigenvalue weighted by Crippen LogP contribution is -1.94. The molecule has 1 aromatic rings. The van der Waals surface area contributed by atoms with Crippen LogP contribution in [0, 0.1) is 6.92 Å². The van der Waals surface area contributed by atoms with Crippen molar-refractivity contribution >= 4 is 0 Å². The molecule has 43 valence electrons. The maximum Gasteiger partial charge on any atom is 0.0492 e. The third-order valence-corrected chi connectivity index (χ3v) is 1.18. The van der Waals surface area contributed by atoms with E-state index in [9.17, 15) is 0 Å². The SMILES string of the molecule is [CH2]Cc1ccnn1C. The zero-order valence-corrected chi connectivity index (χ0v) is 4.96. The Kier molecular flexibility index (Phi) is 1.33. The topological polar surface area (TPSA) is 17.8 Å². The van der Waals surface area contributed by atoms with Gasteiger partial charge >= 0.3 is 0 Å². The first-order valence-electron chi connectivity index (χ1n) is 2.60. The molecule has 1 heterocycles. The van der Waals surface area contributed by atoms with Crippen molar-refractivity contribution in [3.8, 4) is 0 Å². The summed E-state index contributed by atoms with van der Waals surface area (Å²) in [5, 5.41) is 3.96. The Morgan fingerprint density at radius 2 is 2.62 bits per heavy atom. The zero-order valence-electron chi connectivity index (χ0n) is 4.96. The van der Waals surface area contributed by atoms with Crippen LogP contribution in [0.1, 0.15) is 5.69 Å². The number of hydrogen-bond donors (Lipinski definition) is 0. The van der Waals surface area contributed by atoms with E-state index < -0.39 is 0 Å². The largest absolute Gasteiger partial charge is 0.273 e. The number of rotatable bonds is 1. The lowest BCUT2D eigenvalue weighted by atomic mass is 10.3. The van der Waals surface area contributed by atoms with Crippen LogP contribution in [0.2, 0.25) is 0 Å². The van der Waals surface area contributed by atoms with Crippen LogP contribution in [-0.2, 0) is 13.5 Å². The molecular weight excluding hydrogens is 100 g/mol. The maximum atomic E-state index is 3.96. The number of hydrogen-bond acceptors (Lipinski definition) is 1. The maximum absolute atomic E-state index is 3.96. The Balaban J connectivity index is 2.92. The van der Waals surface area contributed by atoms with Gasteiger partial charge < -0.3 is 0 Å². The zero-order chi connectivity index (χ0) is 5.98. The summed E-state index contributed by atoms with van der Waals surface area (Å²) in [6.45, 7) is 3.73. The minimum absolute atomic E-state index is 0.816. The third kappa shape index (κ3) is 0.735. The Hall–Kier alpha value is -0.790. The molecule has 1 aromatic heterocycles. The lowest BCUT2D eigenvalue weighted by molar-refractivity contribution is 0.727. The van der Waals surface area contributed by atoms with Crippen molar-refractivity contribution in [1.82, 2.24) is 9.78 Å². The molecule has 0 aliphatic rings. The highest BCUT2D eigenvalue weighted by Crippen LogP contribution is 1.94. The Bertz CT molecular complexity index is 167. The van der Waals surface area contributed by atoms with Gasteiger partial charge in [-0.15, -0.1) is 0 Å². The summed E-state index contributed by atoms with van der Waals surface area (Å²) in [7, 11) is 1.92. The molecule has 0 aliphatic heterocycles. The summed E-state index contributed by atoms with van der Waals surface area (Å²) in [6.07, 6.45) is 2.59. The lowest BCUT2D eigenvalue weighted by Gasteiger charge is -1.92. The monoisotopic (exact) mass is 109 g/mol. The van der Waals surface area contributed by atoms with Gasteiger partial charge in [0.2, 0.25) is 0 Å². The molecule has 0 atom stereocenters. The molecule has 1 radical (unpaired) electrons. The quantitative estimate of drug-likeness (QED) is 0.521. The Labute approximate surface area is 49.1 Å². The normalized spacial score (nSPS) is 9.75.